The number of nitrogens with zero attached hydrogens (tertiary/aromatic N) is 4. The third kappa shape index (κ3) is 21.5. The number of hydroxylamine groups is 6. The average Bonchev–Trinajstić information content (AvgIpc) is 3.37. The van der Waals surface area contributed by atoms with Crippen molar-refractivity contribution >= 4 is 35.5 Å². The van der Waals surface area contributed by atoms with Gasteiger partial charge in [0.1, 0.15) is 67.0 Å². The molecule has 0 bridgehead atoms. The Morgan fingerprint density at radius 1 is 0.600 bits per heavy atom. The summed E-state index contributed by atoms with van der Waals surface area (Å²) in [5, 5.41) is 116. The molecule has 0 aromatic carbocycles. The van der Waals surface area contributed by atoms with Crippen LogP contribution in [0.25, 0.3) is 0 Å². The zero-order chi connectivity index (χ0) is 55.8. The standard InChI is InChI=1S/C47H80N6O22/c1-28(18-24-73-47-42(64)40(62)38(60)33(27-55)75-47)25-36(58)53(70)21-12-15-31(50(2)3)45(67)71-22-8-4-6-16-34(56)51(68)19-10-13-29-43(65)49-30(44(66)48-29)14-11-20-52(69)35(57)17-7-5-9-23-72-46-41(63)39(61)37(59)32(26-54)74-46/h4-7,28-33,37-42,46-47,54-55,59-64,68-70H,8-27H2,1-3H3,(H,48,66)(H,49,65)/b6-4+,7-5+/t28?,29?,30?,31?,32-,33-,37-,38-,39+,40+,41+,42+,46-,47-/m0/s1. The maximum Gasteiger partial charge on any atom is 0.323 e. The summed E-state index contributed by atoms with van der Waals surface area (Å²) in [4.78, 5) is 77.4. The summed E-state index contributed by atoms with van der Waals surface area (Å²) in [5.41, 5.74) is 0. The summed E-state index contributed by atoms with van der Waals surface area (Å²) in [5.74, 6) is -3.56. The highest BCUT2D eigenvalue weighted by atomic mass is 16.7. The average molecular weight is 1080 g/mol. The van der Waals surface area contributed by atoms with E-state index in [0.29, 0.717) is 21.6 Å². The van der Waals surface area contributed by atoms with Gasteiger partial charge in [0.25, 0.3) is 0 Å². The fourth-order valence-corrected chi connectivity index (χ4v) is 8.06. The number of hydrogen-bond acceptors (Lipinski definition) is 23. The van der Waals surface area contributed by atoms with Crippen molar-refractivity contribution in [1.82, 2.24) is 30.7 Å². The molecular weight excluding hydrogens is 1000 g/mol. The molecule has 3 saturated heterocycles. The van der Waals surface area contributed by atoms with Crippen molar-refractivity contribution in [3.63, 3.8) is 0 Å². The van der Waals surface area contributed by atoms with Crippen LogP contribution in [0.3, 0.4) is 0 Å². The molecule has 3 aliphatic heterocycles. The lowest BCUT2D eigenvalue weighted by atomic mass is 9.99. The number of piperazine rings is 1. The van der Waals surface area contributed by atoms with Crippen LogP contribution in [0, 0.1) is 5.92 Å². The van der Waals surface area contributed by atoms with Gasteiger partial charge < -0.3 is 75.2 Å². The number of hydrogen-bond donors (Lipinski definition) is 13. The largest absolute Gasteiger partial charge is 0.464 e. The first-order valence-corrected chi connectivity index (χ1v) is 25.2. The first-order chi connectivity index (χ1) is 35.6. The fraction of sp³-hybridized carbons (Fsp3) is 0.787. The second-order valence-corrected chi connectivity index (χ2v) is 18.9. The van der Waals surface area contributed by atoms with E-state index in [-0.39, 0.29) is 116 Å². The van der Waals surface area contributed by atoms with E-state index in [2.05, 4.69) is 10.6 Å². The topological polar surface area (TPSA) is 408 Å². The molecule has 13 N–H and O–H groups in total. The van der Waals surface area contributed by atoms with Gasteiger partial charge in [-0.1, -0.05) is 31.2 Å². The maximum absolute atomic E-state index is 12.8. The van der Waals surface area contributed by atoms with Crippen LogP contribution >= 0.6 is 0 Å². The number of carbonyl (C=O) groups excluding carboxylic acids is 6. The van der Waals surface area contributed by atoms with Crippen LogP contribution in [0.5, 0.6) is 0 Å². The predicted octanol–water partition coefficient (Wildman–Crippen LogP) is -3.84. The van der Waals surface area contributed by atoms with Gasteiger partial charge >= 0.3 is 5.97 Å². The monoisotopic (exact) mass is 1080 g/mol. The van der Waals surface area contributed by atoms with Crippen molar-refractivity contribution in [2.45, 2.75) is 164 Å². The summed E-state index contributed by atoms with van der Waals surface area (Å²) in [6, 6.07) is -2.51. The molecule has 0 saturated carbocycles. The molecule has 75 heavy (non-hydrogen) atoms. The summed E-state index contributed by atoms with van der Waals surface area (Å²) < 4.78 is 26.8. The maximum atomic E-state index is 12.8. The van der Waals surface area contributed by atoms with Gasteiger partial charge in [0.15, 0.2) is 12.6 Å². The lowest BCUT2D eigenvalue weighted by Crippen LogP contribution is -2.61. The highest BCUT2D eigenvalue weighted by Gasteiger charge is 2.45. The lowest BCUT2D eigenvalue weighted by Gasteiger charge is -2.39. The number of rotatable bonds is 33. The highest BCUT2D eigenvalue weighted by molar-refractivity contribution is 5.96. The molecule has 3 heterocycles. The number of nitrogens with one attached hydrogen (secondary N) is 2. The van der Waals surface area contributed by atoms with E-state index in [9.17, 15) is 85.2 Å². The quantitative estimate of drug-likeness (QED) is 0.00984. The van der Waals surface area contributed by atoms with Crippen molar-refractivity contribution in [1.29, 1.82) is 0 Å². The molecule has 3 aliphatic rings. The van der Waals surface area contributed by atoms with Crippen LogP contribution in [0.4, 0.5) is 0 Å². The number of carbonyl (C=O) groups is 6. The normalized spacial score (nSPS) is 28.0. The summed E-state index contributed by atoms with van der Waals surface area (Å²) in [6.45, 7) is 0.276. The SMILES string of the molecule is CC(CCO[C@H]1O[C@@H](CO)[C@H](O)[C@@H](O)[C@H]1O)CC(=O)N(O)CCCC(C(=O)OCC/C=C/CC(=O)N(O)CCCC1NC(=O)C(CCCN(O)C(=O)C/C=C/CCO[C@H]2O[C@@H](CO)[C@H](O)[C@@H](O)[C@H]2O)NC1=O)N(C)C. The molecule has 28 nitrogen and oxygen atoms in total. The Morgan fingerprint density at radius 2 is 1.04 bits per heavy atom. The zero-order valence-corrected chi connectivity index (χ0v) is 42.7. The summed E-state index contributed by atoms with van der Waals surface area (Å²) in [6.07, 6.45) is -6.31. The Morgan fingerprint density at radius 3 is 1.51 bits per heavy atom. The fourth-order valence-electron chi connectivity index (χ4n) is 8.06. The van der Waals surface area contributed by atoms with Crippen molar-refractivity contribution in [3.8, 4) is 0 Å². The van der Waals surface area contributed by atoms with Crippen LogP contribution in [0.2, 0.25) is 0 Å². The van der Waals surface area contributed by atoms with Gasteiger partial charge in [-0.05, 0) is 77.8 Å². The second kappa shape index (κ2) is 33.7. The summed E-state index contributed by atoms with van der Waals surface area (Å²) >= 11 is 0. The number of amides is 5. The third-order valence-corrected chi connectivity index (χ3v) is 12.7. The zero-order valence-electron chi connectivity index (χ0n) is 42.7. The van der Waals surface area contributed by atoms with E-state index in [0.717, 1.165) is 0 Å². The molecule has 430 valence electrons. The molecule has 0 aromatic heterocycles. The van der Waals surface area contributed by atoms with Crippen molar-refractivity contribution in [2.75, 3.05) is 66.8 Å². The van der Waals surface area contributed by atoms with E-state index in [1.54, 1.807) is 38.1 Å². The van der Waals surface area contributed by atoms with Crippen LogP contribution in [0.1, 0.15) is 84.0 Å². The van der Waals surface area contributed by atoms with E-state index >= 15 is 0 Å². The van der Waals surface area contributed by atoms with E-state index in [4.69, 9.17) is 23.7 Å². The van der Waals surface area contributed by atoms with E-state index in [1.165, 1.54) is 12.2 Å². The minimum absolute atomic E-state index is 0.00540. The minimum Gasteiger partial charge on any atom is -0.464 e. The van der Waals surface area contributed by atoms with Gasteiger partial charge in [0, 0.05) is 38.9 Å². The number of aliphatic hydroxyl groups is 8. The molecule has 14 atom stereocenters. The van der Waals surface area contributed by atoms with Gasteiger partial charge in [-0.2, -0.15) is 0 Å². The van der Waals surface area contributed by atoms with Crippen LogP contribution < -0.4 is 10.6 Å². The van der Waals surface area contributed by atoms with Crippen molar-refractivity contribution in [2.24, 2.45) is 5.92 Å². The van der Waals surface area contributed by atoms with Gasteiger partial charge in [-0.25, -0.2) is 15.2 Å². The molecule has 0 spiro atoms. The molecule has 0 aromatic rings. The Bertz CT molecular complexity index is 1830. The van der Waals surface area contributed by atoms with Crippen LogP contribution in [-0.4, -0.2) is 258 Å². The number of likely N-dealkylation sites (N-methyl/N-ethyl adjacent to an activating group) is 1. The molecule has 3 fully saturated rings. The highest BCUT2D eigenvalue weighted by Crippen LogP contribution is 2.24. The number of ether oxygens (including phenoxy) is 5. The van der Waals surface area contributed by atoms with Gasteiger partial charge in [0.2, 0.25) is 29.5 Å². The Kier molecular flexibility index (Phi) is 29.2. The summed E-state index contributed by atoms with van der Waals surface area (Å²) in [7, 11) is 3.36. The molecule has 3 rings (SSSR count). The van der Waals surface area contributed by atoms with Gasteiger partial charge in [0.05, 0.1) is 33.0 Å². The van der Waals surface area contributed by atoms with Crippen LogP contribution in [0.15, 0.2) is 24.3 Å². The first-order valence-electron chi connectivity index (χ1n) is 25.2. The van der Waals surface area contributed by atoms with Gasteiger partial charge in [-0.3, -0.25) is 49.3 Å². The van der Waals surface area contributed by atoms with Crippen molar-refractivity contribution in [3.05, 3.63) is 24.3 Å². The van der Waals surface area contributed by atoms with Crippen molar-refractivity contribution < 1.29 is 109 Å². The minimum atomic E-state index is -1.58. The molecule has 0 aliphatic carbocycles. The Balaban J connectivity index is 1.22. The van der Waals surface area contributed by atoms with Crippen LogP contribution in [-0.2, 0) is 52.5 Å². The molecule has 0 radical (unpaired) electrons. The van der Waals surface area contributed by atoms with E-state index in [1.807, 2.05) is 0 Å². The number of aliphatic hydroxyl groups excluding tert-OH is 8. The molecule has 5 amide bonds. The van der Waals surface area contributed by atoms with Gasteiger partial charge in [-0.15, -0.1) is 0 Å². The third-order valence-electron chi connectivity index (χ3n) is 12.7. The molecular formula is C47H80N6O22. The second-order valence-electron chi connectivity index (χ2n) is 18.9. The first kappa shape index (κ1) is 64.9. The Labute approximate surface area is 434 Å². The lowest BCUT2D eigenvalue weighted by molar-refractivity contribution is -0.301. The molecule has 4 unspecified atom stereocenters. The van der Waals surface area contributed by atoms with E-state index < -0.39 is 128 Å². The Hall–Kier alpha value is -4.34. The number of esters is 1. The molecule has 28 heteroatoms. The predicted molar refractivity (Wildman–Crippen MR) is 255 cm³/mol. The smallest absolute Gasteiger partial charge is 0.323 e.